The summed E-state index contributed by atoms with van der Waals surface area (Å²) in [5.74, 6) is -1.12. The Morgan fingerprint density at radius 1 is 1.11 bits per heavy atom. The summed E-state index contributed by atoms with van der Waals surface area (Å²) in [5, 5.41) is 3.81. The molecular weight excluding hydrogens is 380 g/mol. The van der Waals surface area contributed by atoms with Gasteiger partial charge in [-0.1, -0.05) is 48.5 Å². The van der Waals surface area contributed by atoms with E-state index in [9.17, 15) is 9.59 Å². The van der Waals surface area contributed by atoms with E-state index in [0.717, 1.165) is 10.9 Å². The van der Waals surface area contributed by atoms with E-state index >= 15 is 0 Å². The lowest BCUT2D eigenvalue weighted by atomic mass is 9.99. The molecule has 0 fully saturated rings. The molecule has 0 saturated heterocycles. The summed E-state index contributed by atoms with van der Waals surface area (Å²) in [4.78, 5) is 28.5. The summed E-state index contributed by atoms with van der Waals surface area (Å²) in [6.45, 7) is 0. The normalized spacial score (nSPS) is 18.6. The topological polar surface area (TPSA) is 80.4 Å². The monoisotopic (exact) mass is 396 g/mol. The van der Waals surface area contributed by atoms with Gasteiger partial charge in [0.1, 0.15) is 0 Å². The molecule has 142 valence electrons. The molecule has 1 aromatic heterocycles. The minimum absolute atomic E-state index is 0.0644. The van der Waals surface area contributed by atoms with Gasteiger partial charge in [0.05, 0.1) is 13.0 Å². The number of H-pyrrole nitrogens is 1. The van der Waals surface area contributed by atoms with E-state index in [1.165, 1.54) is 7.11 Å². The summed E-state index contributed by atoms with van der Waals surface area (Å²) in [6, 6.07) is 16.5. The molecule has 28 heavy (non-hydrogen) atoms. The van der Waals surface area contributed by atoms with Crippen LogP contribution in [0.5, 0.6) is 0 Å². The van der Waals surface area contributed by atoms with Gasteiger partial charge in [-0.25, -0.2) is 4.79 Å². The maximum Gasteiger partial charge on any atom is 0.358 e. The fourth-order valence-corrected chi connectivity index (χ4v) is 3.53. The standard InChI is InChI=1S/C21H17ClN2O4/c1-27-20(26)18-19(15-12-23-16-10-6-5-9-14(15)16)28-21(24-18,17(25)11-22)13-7-3-2-4-8-13/h2-10,12,23-24H,11H2,1H3. The number of methoxy groups -OCH3 is 1. The molecule has 1 aliphatic heterocycles. The minimum Gasteiger partial charge on any atom is -0.464 e. The van der Waals surface area contributed by atoms with E-state index < -0.39 is 17.5 Å². The van der Waals surface area contributed by atoms with Crippen molar-refractivity contribution in [3.63, 3.8) is 0 Å². The number of para-hydroxylation sites is 1. The Morgan fingerprint density at radius 2 is 1.82 bits per heavy atom. The first kappa shape index (κ1) is 18.1. The number of benzene rings is 2. The van der Waals surface area contributed by atoms with Crippen LogP contribution in [0.4, 0.5) is 0 Å². The molecule has 1 unspecified atom stereocenters. The zero-order chi connectivity index (χ0) is 19.7. The van der Waals surface area contributed by atoms with Crippen LogP contribution < -0.4 is 5.32 Å². The summed E-state index contributed by atoms with van der Waals surface area (Å²) in [6.07, 6.45) is 1.73. The van der Waals surface area contributed by atoms with Crippen LogP contribution in [0.15, 0.2) is 66.5 Å². The van der Waals surface area contributed by atoms with Crippen LogP contribution in [0.2, 0.25) is 0 Å². The van der Waals surface area contributed by atoms with E-state index in [2.05, 4.69) is 10.3 Å². The third-order valence-electron chi connectivity index (χ3n) is 4.70. The molecule has 3 aromatic rings. The summed E-state index contributed by atoms with van der Waals surface area (Å²) in [5.41, 5.74) is 0.508. The third kappa shape index (κ3) is 2.73. The molecule has 4 rings (SSSR count). The maximum absolute atomic E-state index is 12.9. The van der Waals surface area contributed by atoms with Crippen molar-refractivity contribution in [2.24, 2.45) is 0 Å². The molecule has 0 saturated carbocycles. The van der Waals surface area contributed by atoms with Gasteiger partial charge in [-0.3, -0.25) is 4.79 Å². The smallest absolute Gasteiger partial charge is 0.358 e. The van der Waals surface area contributed by atoms with Crippen molar-refractivity contribution in [3.05, 3.63) is 77.6 Å². The molecule has 0 aliphatic carbocycles. The zero-order valence-corrected chi connectivity index (χ0v) is 15.7. The number of carbonyl (C=O) groups excluding carboxylic acids is 2. The number of ketones is 1. The van der Waals surface area contributed by atoms with Crippen LogP contribution in [0.3, 0.4) is 0 Å². The molecule has 7 heteroatoms. The van der Waals surface area contributed by atoms with Gasteiger partial charge in [-0.15, -0.1) is 11.6 Å². The van der Waals surface area contributed by atoms with Gasteiger partial charge in [0.15, 0.2) is 11.5 Å². The molecule has 0 radical (unpaired) electrons. The predicted octanol–water partition coefficient (Wildman–Crippen LogP) is 3.29. The van der Waals surface area contributed by atoms with Gasteiger partial charge in [-0.2, -0.15) is 0 Å². The first-order valence-electron chi connectivity index (χ1n) is 8.62. The molecule has 2 heterocycles. The number of halogens is 1. The molecule has 0 spiro atoms. The second-order valence-electron chi connectivity index (χ2n) is 6.27. The van der Waals surface area contributed by atoms with Crippen LogP contribution in [0, 0.1) is 0 Å². The highest BCUT2D eigenvalue weighted by Gasteiger charge is 2.50. The van der Waals surface area contributed by atoms with Gasteiger partial charge in [0.25, 0.3) is 5.72 Å². The summed E-state index contributed by atoms with van der Waals surface area (Å²) < 4.78 is 11.1. The lowest BCUT2D eigenvalue weighted by Gasteiger charge is -2.28. The van der Waals surface area contributed by atoms with Crippen molar-refractivity contribution in [1.29, 1.82) is 0 Å². The number of carbonyl (C=O) groups is 2. The first-order chi connectivity index (χ1) is 13.6. The number of ether oxygens (including phenoxy) is 2. The SMILES string of the molecule is COC(=O)C1=C(c2c[nH]c3ccccc23)OC(C(=O)CCl)(c2ccccc2)N1. The van der Waals surface area contributed by atoms with Crippen molar-refractivity contribution in [1.82, 2.24) is 10.3 Å². The summed E-state index contributed by atoms with van der Waals surface area (Å²) in [7, 11) is 1.27. The van der Waals surface area contributed by atoms with Crippen LogP contribution >= 0.6 is 11.6 Å². The second-order valence-corrected chi connectivity index (χ2v) is 6.54. The van der Waals surface area contributed by atoms with E-state index in [1.807, 2.05) is 30.3 Å². The average Bonchev–Trinajstić information content (AvgIpc) is 3.36. The van der Waals surface area contributed by atoms with E-state index in [4.69, 9.17) is 21.1 Å². The van der Waals surface area contributed by atoms with Crippen LogP contribution in [-0.2, 0) is 24.8 Å². The largest absolute Gasteiger partial charge is 0.464 e. The fraction of sp³-hybridized carbons (Fsp3) is 0.143. The molecule has 1 atom stereocenters. The Kier molecular flexibility index (Phi) is 4.57. The number of nitrogens with one attached hydrogen (secondary N) is 2. The Bertz CT molecular complexity index is 1090. The number of hydrogen-bond donors (Lipinski definition) is 2. The van der Waals surface area contributed by atoms with Gasteiger partial charge >= 0.3 is 5.97 Å². The highest BCUT2D eigenvalue weighted by atomic mass is 35.5. The number of esters is 1. The van der Waals surface area contributed by atoms with Crippen LogP contribution in [0.25, 0.3) is 16.7 Å². The molecule has 0 bridgehead atoms. The molecule has 2 N–H and O–H groups in total. The van der Waals surface area contributed by atoms with E-state index in [0.29, 0.717) is 11.1 Å². The van der Waals surface area contributed by atoms with E-state index in [1.54, 1.807) is 30.5 Å². The third-order valence-corrected chi connectivity index (χ3v) is 4.94. The van der Waals surface area contributed by atoms with Crippen molar-refractivity contribution in [2.75, 3.05) is 13.0 Å². The number of hydrogen-bond acceptors (Lipinski definition) is 5. The van der Waals surface area contributed by atoms with Crippen molar-refractivity contribution >= 4 is 40.0 Å². The molecule has 2 aromatic carbocycles. The van der Waals surface area contributed by atoms with E-state index in [-0.39, 0.29) is 17.3 Å². The highest BCUT2D eigenvalue weighted by molar-refractivity contribution is 6.29. The second kappa shape index (κ2) is 7.05. The van der Waals surface area contributed by atoms with Crippen LogP contribution in [-0.4, -0.2) is 29.7 Å². The van der Waals surface area contributed by atoms with Gasteiger partial charge < -0.3 is 19.8 Å². The number of aromatic nitrogens is 1. The predicted molar refractivity (Wildman–Crippen MR) is 105 cm³/mol. The lowest BCUT2D eigenvalue weighted by molar-refractivity contribution is -0.138. The van der Waals surface area contributed by atoms with Crippen molar-refractivity contribution in [2.45, 2.75) is 5.72 Å². The van der Waals surface area contributed by atoms with Gasteiger partial charge in [-0.05, 0) is 6.07 Å². The first-order valence-corrected chi connectivity index (χ1v) is 9.15. The average molecular weight is 397 g/mol. The molecule has 1 aliphatic rings. The molecule has 0 amide bonds. The van der Waals surface area contributed by atoms with Gasteiger partial charge in [0.2, 0.25) is 5.78 Å². The van der Waals surface area contributed by atoms with Gasteiger partial charge in [0, 0.05) is 28.2 Å². The quantitative estimate of drug-likeness (QED) is 0.511. The summed E-state index contributed by atoms with van der Waals surface area (Å²) >= 11 is 5.89. The Hall–Kier alpha value is -3.25. The lowest BCUT2D eigenvalue weighted by Crippen LogP contribution is -2.48. The Labute approximate surface area is 166 Å². The van der Waals surface area contributed by atoms with Crippen LogP contribution in [0.1, 0.15) is 11.1 Å². The molecular formula is C21H17ClN2O4. The highest BCUT2D eigenvalue weighted by Crippen LogP contribution is 2.41. The fourth-order valence-electron chi connectivity index (χ4n) is 3.34. The Morgan fingerprint density at radius 3 is 2.54 bits per heavy atom. The van der Waals surface area contributed by atoms with Crippen molar-refractivity contribution < 1.29 is 19.1 Å². The number of alkyl halides is 1. The number of Topliss-reactive ketones (excluding diaryl/α,β-unsaturated/α-hetero) is 1. The minimum atomic E-state index is -1.61. The number of rotatable bonds is 5. The zero-order valence-electron chi connectivity index (χ0n) is 15.0. The molecule has 6 nitrogen and oxygen atoms in total. The number of aromatic amines is 1. The van der Waals surface area contributed by atoms with Crippen molar-refractivity contribution in [3.8, 4) is 0 Å². The Balaban J connectivity index is 1.90. The maximum atomic E-state index is 12.9. The number of fused-ring (bicyclic) bond motifs is 1.